The molecule has 4 aromatic rings. The van der Waals surface area contributed by atoms with E-state index in [-0.39, 0.29) is 5.91 Å². The third-order valence-electron chi connectivity index (χ3n) is 4.57. The number of hydrogen-bond acceptors (Lipinski definition) is 3. The third kappa shape index (κ3) is 3.77. The maximum absolute atomic E-state index is 12.5. The van der Waals surface area contributed by atoms with Crippen LogP contribution in [0.25, 0.3) is 22.6 Å². The standard InChI is InChI=1S/C22H16ClIN2O2/c1-12-9-19-20(10-13(12)2)28-22(26-19)14-3-6-16(7-4-14)25-21(27)17-11-15(24)5-8-18(17)23/h3-11H,1-2H3,(H,25,27). The number of carbonyl (C=O) groups excluding carboxylic acids is 1. The van der Waals surface area contributed by atoms with Gasteiger partial charge in [0.2, 0.25) is 5.89 Å². The smallest absolute Gasteiger partial charge is 0.257 e. The van der Waals surface area contributed by atoms with Crippen LogP contribution < -0.4 is 5.32 Å². The van der Waals surface area contributed by atoms with Gasteiger partial charge in [0.25, 0.3) is 5.91 Å². The second-order valence-corrected chi connectivity index (χ2v) is 8.23. The number of amides is 1. The average Bonchev–Trinajstić information content (AvgIpc) is 3.07. The molecule has 0 aliphatic rings. The molecule has 1 aromatic heterocycles. The van der Waals surface area contributed by atoms with Gasteiger partial charge in [-0.05, 0) is 102 Å². The molecule has 0 bridgehead atoms. The van der Waals surface area contributed by atoms with Crippen LogP contribution in [0.4, 0.5) is 5.69 Å². The summed E-state index contributed by atoms with van der Waals surface area (Å²) < 4.78 is 6.84. The van der Waals surface area contributed by atoms with E-state index >= 15 is 0 Å². The highest BCUT2D eigenvalue weighted by atomic mass is 127. The van der Waals surface area contributed by atoms with E-state index < -0.39 is 0 Å². The Morgan fingerprint density at radius 2 is 1.75 bits per heavy atom. The molecule has 0 aliphatic carbocycles. The minimum Gasteiger partial charge on any atom is -0.436 e. The first-order chi connectivity index (χ1) is 13.4. The molecule has 0 saturated carbocycles. The van der Waals surface area contributed by atoms with Crippen molar-refractivity contribution >= 4 is 56.9 Å². The van der Waals surface area contributed by atoms with Crippen molar-refractivity contribution in [3.8, 4) is 11.5 Å². The molecule has 4 rings (SSSR count). The van der Waals surface area contributed by atoms with Crippen LogP contribution in [-0.4, -0.2) is 10.9 Å². The zero-order valence-corrected chi connectivity index (χ0v) is 18.1. The van der Waals surface area contributed by atoms with Gasteiger partial charge in [0, 0.05) is 14.8 Å². The monoisotopic (exact) mass is 502 g/mol. The van der Waals surface area contributed by atoms with Crippen molar-refractivity contribution in [1.29, 1.82) is 0 Å². The second kappa shape index (κ2) is 7.56. The number of benzene rings is 3. The van der Waals surface area contributed by atoms with Crippen molar-refractivity contribution in [2.75, 3.05) is 5.32 Å². The lowest BCUT2D eigenvalue weighted by molar-refractivity contribution is 0.102. The number of halogens is 2. The molecule has 0 radical (unpaired) electrons. The summed E-state index contributed by atoms with van der Waals surface area (Å²) in [5.41, 5.74) is 5.92. The van der Waals surface area contributed by atoms with Crippen molar-refractivity contribution in [3.63, 3.8) is 0 Å². The SMILES string of the molecule is Cc1cc2nc(-c3ccc(NC(=O)c4cc(I)ccc4Cl)cc3)oc2cc1C. The maximum Gasteiger partial charge on any atom is 0.257 e. The number of anilines is 1. The fraction of sp³-hybridized carbons (Fsp3) is 0.0909. The molecule has 3 aromatic carbocycles. The Hall–Kier alpha value is -2.38. The van der Waals surface area contributed by atoms with Crippen LogP contribution in [0.5, 0.6) is 0 Å². The number of nitrogens with one attached hydrogen (secondary N) is 1. The minimum absolute atomic E-state index is 0.246. The van der Waals surface area contributed by atoms with Crippen molar-refractivity contribution in [1.82, 2.24) is 4.98 Å². The van der Waals surface area contributed by atoms with Crippen molar-refractivity contribution in [2.45, 2.75) is 13.8 Å². The molecule has 1 N–H and O–H groups in total. The number of oxazole rings is 1. The van der Waals surface area contributed by atoms with Gasteiger partial charge in [-0.3, -0.25) is 4.79 Å². The van der Waals surface area contributed by atoms with E-state index in [2.05, 4.69) is 46.7 Å². The first-order valence-electron chi connectivity index (χ1n) is 8.65. The van der Waals surface area contributed by atoms with E-state index in [1.807, 2.05) is 42.5 Å². The maximum atomic E-state index is 12.5. The van der Waals surface area contributed by atoms with Gasteiger partial charge in [0.1, 0.15) is 5.52 Å². The average molecular weight is 503 g/mol. The van der Waals surface area contributed by atoms with Crippen LogP contribution in [0, 0.1) is 17.4 Å². The van der Waals surface area contributed by atoms with E-state index in [9.17, 15) is 4.79 Å². The van der Waals surface area contributed by atoms with E-state index in [1.54, 1.807) is 12.1 Å². The molecule has 0 aliphatic heterocycles. The summed E-state index contributed by atoms with van der Waals surface area (Å²) in [6, 6.07) is 16.7. The summed E-state index contributed by atoms with van der Waals surface area (Å²) in [4.78, 5) is 17.1. The van der Waals surface area contributed by atoms with Gasteiger partial charge >= 0.3 is 0 Å². The van der Waals surface area contributed by atoms with Gasteiger partial charge in [-0.1, -0.05) is 11.6 Å². The minimum atomic E-state index is -0.246. The molecule has 1 heterocycles. The molecule has 0 atom stereocenters. The van der Waals surface area contributed by atoms with Gasteiger partial charge in [-0.2, -0.15) is 0 Å². The number of fused-ring (bicyclic) bond motifs is 1. The Morgan fingerprint density at radius 1 is 1.04 bits per heavy atom. The van der Waals surface area contributed by atoms with Crippen LogP contribution in [0.3, 0.4) is 0 Å². The van der Waals surface area contributed by atoms with Crippen molar-refractivity contribution in [3.05, 3.63) is 79.9 Å². The number of aromatic nitrogens is 1. The van der Waals surface area contributed by atoms with Gasteiger partial charge in [-0.15, -0.1) is 0 Å². The lowest BCUT2D eigenvalue weighted by Crippen LogP contribution is -2.12. The Morgan fingerprint density at radius 3 is 2.50 bits per heavy atom. The van der Waals surface area contributed by atoms with E-state index in [1.165, 1.54) is 11.1 Å². The quantitative estimate of drug-likeness (QED) is 0.320. The Labute approximate surface area is 181 Å². The van der Waals surface area contributed by atoms with E-state index in [0.29, 0.717) is 22.2 Å². The highest BCUT2D eigenvalue weighted by Crippen LogP contribution is 2.27. The van der Waals surface area contributed by atoms with Crippen LogP contribution in [-0.2, 0) is 0 Å². The number of rotatable bonds is 3. The van der Waals surface area contributed by atoms with Gasteiger partial charge in [-0.25, -0.2) is 4.98 Å². The molecule has 28 heavy (non-hydrogen) atoms. The Kier molecular flexibility index (Phi) is 5.12. The molecule has 140 valence electrons. The predicted octanol–water partition coefficient (Wildman–Crippen LogP) is 6.62. The second-order valence-electron chi connectivity index (χ2n) is 6.58. The molecule has 0 spiro atoms. The highest BCUT2D eigenvalue weighted by Gasteiger charge is 2.13. The van der Waals surface area contributed by atoms with Gasteiger partial charge < -0.3 is 9.73 Å². The topological polar surface area (TPSA) is 55.1 Å². The van der Waals surface area contributed by atoms with Crippen LogP contribution in [0.15, 0.2) is 59.0 Å². The molecule has 6 heteroatoms. The first-order valence-corrected chi connectivity index (χ1v) is 10.1. The normalized spacial score (nSPS) is 11.0. The molecule has 0 unspecified atom stereocenters. The van der Waals surface area contributed by atoms with E-state index in [4.69, 9.17) is 16.0 Å². The molecule has 1 amide bonds. The zero-order valence-electron chi connectivity index (χ0n) is 15.2. The number of nitrogens with zero attached hydrogens (tertiary/aromatic N) is 1. The molecule has 4 nitrogen and oxygen atoms in total. The Balaban J connectivity index is 1.57. The Bertz CT molecular complexity index is 1160. The van der Waals surface area contributed by atoms with E-state index in [0.717, 1.165) is 20.2 Å². The number of hydrogen-bond donors (Lipinski definition) is 1. The molecule has 0 fully saturated rings. The van der Waals surface area contributed by atoms with Crippen LogP contribution in [0.2, 0.25) is 5.02 Å². The predicted molar refractivity (Wildman–Crippen MR) is 121 cm³/mol. The number of carbonyl (C=O) groups is 1. The summed E-state index contributed by atoms with van der Waals surface area (Å²) in [6.45, 7) is 4.11. The molecular weight excluding hydrogens is 487 g/mol. The van der Waals surface area contributed by atoms with Crippen LogP contribution >= 0.6 is 34.2 Å². The summed E-state index contributed by atoms with van der Waals surface area (Å²) in [5.74, 6) is 0.308. The summed E-state index contributed by atoms with van der Waals surface area (Å²) >= 11 is 8.29. The lowest BCUT2D eigenvalue weighted by atomic mass is 10.1. The first kappa shape index (κ1) is 19.0. The summed E-state index contributed by atoms with van der Waals surface area (Å²) in [6.07, 6.45) is 0. The molecule has 0 saturated heterocycles. The largest absolute Gasteiger partial charge is 0.436 e. The molecular formula is C22H16ClIN2O2. The number of aryl methyl sites for hydroxylation is 2. The summed E-state index contributed by atoms with van der Waals surface area (Å²) in [5, 5.41) is 3.29. The zero-order chi connectivity index (χ0) is 19.8. The van der Waals surface area contributed by atoms with Crippen molar-refractivity contribution < 1.29 is 9.21 Å². The third-order valence-corrected chi connectivity index (χ3v) is 5.57. The highest BCUT2D eigenvalue weighted by molar-refractivity contribution is 14.1. The lowest BCUT2D eigenvalue weighted by Gasteiger charge is -2.07. The fourth-order valence-corrected chi connectivity index (χ4v) is 3.56. The van der Waals surface area contributed by atoms with Crippen molar-refractivity contribution in [2.24, 2.45) is 0 Å². The van der Waals surface area contributed by atoms with Crippen LogP contribution in [0.1, 0.15) is 21.5 Å². The van der Waals surface area contributed by atoms with Gasteiger partial charge in [0.15, 0.2) is 5.58 Å². The van der Waals surface area contributed by atoms with Gasteiger partial charge in [0.05, 0.1) is 10.6 Å². The fourth-order valence-electron chi connectivity index (χ4n) is 2.87. The summed E-state index contributed by atoms with van der Waals surface area (Å²) in [7, 11) is 0.